The third-order valence-corrected chi connectivity index (χ3v) is 28.5. The Labute approximate surface area is 735 Å². The molecule has 14 aromatic rings. The normalized spacial score (nSPS) is 11.4. The summed E-state index contributed by atoms with van der Waals surface area (Å²) in [4.78, 5) is 22.1. The van der Waals surface area contributed by atoms with E-state index in [1.807, 2.05) is 110 Å². The van der Waals surface area contributed by atoms with Crippen LogP contribution in [0.1, 0.15) is 69.2 Å². The van der Waals surface area contributed by atoms with Crippen LogP contribution in [0.3, 0.4) is 0 Å². The number of hydrogen-bond acceptors (Lipinski definition) is 25. The van der Waals surface area contributed by atoms with Crippen LogP contribution in [0.2, 0.25) is 20.1 Å². The molecule has 0 unspecified atom stereocenters. The lowest BCUT2D eigenvalue weighted by molar-refractivity contribution is -0.384. The molecule has 4 heterocycles. The molecule has 28 nitrogen and oxygen atoms in total. The number of aryl methyl sites for hydroxylation is 4. The molecule has 10 aromatic carbocycles. The van der Waals surface area contributed by atoms with Gasteiger partial charge in [-0.05, 0) is 157 Å². The quantitative estimate of drug-likeness (QED) is 0.0217. The molecule has 121 heavy (non-hydrogen) atoms. The third kappa shape index (κ3) is 26.4. The van der Waals surface area contributed by atoms with Gasteiger partial charge in [0.05, 0.1) is 39.6 Å². The van der Waals surface area contributed by atoms with Crippen molar-refractivity contribution in [2.45, 2.75) is 97.6 Å². The van der Waals surface area contributed by atoms with Crippen molar-refractivity contribution in [3.63, 3.8) is 0 Å². The zero-order valence-electron chi connectivity index (χ0n) is 64.4. The van der Waals surface area contributed by atoms with Gasteiger partial charge in [-0.15, -0.1) is 40.8 Å². The fourth-order valence-corrected chi connectivity index (χ4v) is 21.2. The predicted octanol–water partition coefficient (Wildman–Crippen LogP) is 19.7. The number of amides is 1. The van der Waals surface area contributed by atoms with Crippen molar-refractivity contribution in [2.24, 2.45) is 5.14 Å². The number of anilines is 5. The number of rotatable bonds is 26. The maximum absolute atomic E-state index is 12.6. The van der Waals surface area contributed by atoms with E-state index >= 15 is 0 Å². The first-order valence-corrected chi connectivity index (χ1v) is 48.3. The molecule has 628 valence electrons. The second kappa shape index (κ2) is 42.3. The Kier molecular flexibility index (Phi) is 32.4. The summed E-state index contributed by atoms with van der Waals surface area (Å²) in [5.74, 6) is -0.150. The van der Waals surface area contributed by atoms with Crippen molar-refractivity contribution in [2.75, 3.05) is 24.2 Å². The van der Waals surface area contributed by atoms with E-state index in [1.54, 1.807) is 85.8 Å². The highest BCUT2D eigenvalue weighted by molar-refractivity contribution is 7.94. The number of primary sulfonamides is 1. The Morgan fingerprint density at radius 2 is 0.752 bits per heavy atom. The molecule has 0 radical (unpaired) electrons. The largest absolute Gasteiger partial charge is 0.326 e. The molecule has 14 rings (SSSR count). The van der Waals surface area contributed by atoms with E-state index < -0.39 is 55.0 Å². The van der Waals surface area contributed by atoms with Gasteiger partial charge in [-0.2, -0.15) is 0 Å². The van der Waals surface area contributed by atoms with Crippen LogP contribution < -0.4 is 29.3 Å². The Balaban J connectivity index is 0.000000160. The molecular formula is C80H73Cl4N15O13S9. The number of nitrogens with zero attached hydrogens (tertiary/aromatic N) is 9. The SMILES string of the molecule is CCCc1ccc(S(=O)(=O)Nc2nnc(-c3cc([N+](=O)[O-])ccc3Cl)s2)cc1.CCCc1ccc(S(=O)(=O)Nc2nnc(-c3ccc(NC(C)=O)cc3)s2)cc1.CCCc1ccc(S(=O)(=O)Nc2nnc(-c3ccccc3Cl)s2)cc1.Cc1cc(Cl)cc(Cl)c1S(=O)(=O)Nc1nnc(-c2ccccc2)s1.NS(=O)(=O)c1ccc(-c2ccccc2)cc1. The number of benzene rings is 10. The Bertz CT molecular complexity index is 6510. The molecule has 0 fully saturated rings. The maximum atomic E-state index is 12.6. The van der Waals surface area contributed by atoms with Crippen LogP contribution in [0.25, 0.3) is 53.4 Å². The molecular weight excluding hydrogens is 1810 g/mol. The number of hydrogen-bond donors (Lipinski definition) is 6. The third-order valence-electron chi connectivity index (χ3n) is 16.6. The minimum atomic E-state index is -3.89. The van der Waals surface area contributed by atoms with Gasteiger partial charge in [0, 0.05) is 52.0 Å². The van der Waals surface area contributed by atoms with Crippen LogP contribution >= 0.6 is 91.8 Å². The predicted molar refractivity (Wildman–Crippen MR) is 481 cm³/mol. The summed E-state index contributed by atoms with van der Waals surface area (Å²) in [5, 5.41) is 54.0. The summed E-state index contributed by atoms with van der Waals surface area (Å²) in [6.07, 6.45) is 5.69. The number of nitro groups is 1. The highest BCUT2D eigenvalue weighted by Gasteiger charge is 2.26. The summed E-state index contributed by atoms with van der Waals surface area (Å²) in [6, 6.07) is 67.1. The van der Waals surface area contributed by atoms with Crippen molar-refractivity contribution in [1.82, 2.24) is 40.8 Å². The van der Waals surface area contributed by atoms with Crippen LogP contribution in [-0.2, 0) is 74.2 Å². The number of nitrogens with two attached hydrogens (primary N) is 1. The van der Waals surface area contributed by atoms with Crippen molar-refractivity contribution in [1.29, 1.82) is 0 Å². The molecule has 0 aliphatic heterocycles. The minimum Gasteiger partial charge on any atom is -0.326 e. The molecule has 0 saturated heterocycles. The summed E-state index contributed by atoms with van der Waals surface area (Å²) in [6.45, 7) is 9.27. The Hall–Kier alpha value is -10.6. The first-order chi connectivity index (χ1) is 57.6. The van der Waals surface area contributed by atoms with E-state index in [9.17, 15) is 57.0 Å². The van der Waals surface area contributed by atoms with Crippen molar-refractivity contribution < 1.29 is 51.8 Å². The Morgan fingerprint density at radius 3 is 1.16 bits per heavy atom. The molecule has 7 N–H and O–H groups in total. The van der Waals surface area contributed by atoms with Gasteiger partial charge in [0.1, 0.15) is 14.9 Å². The van der Waals surface area contributed by atoms with E-state index in [2.05, 4.69) is 78.8 Å². The molecule has 0 atom stereocenters. The molecule has 0 spiro atoms. The monoisotopic (exact) mass is 1880 g/mol. The van der Waals surface area contributed by atoms with Gasteiger partial charge in [-0.25, -0.2) is 47.2 Å². The smallest absolute Gasteiger partial charge is 0.270 e. The minimum absolute atomic E-state index is 0.0231. The van der Waals surface area contributed by atoms with E-state index in [0.29, 0.717) is 41.9 Å². The molecule has 41 heteroatoms. The summed E-state index contributed by atoms with van der Waals surface area (Å²) >= 11 is 28.5. The standard InChI is InChI=1S/C19H20N4O3S2.C17H15ClN4O4S2.C17H16ClN3O2S2.C15H11Cl2N3O2S2.C12H11NO2S/c1-3-4-14-5-11-17(12-6-14)28(25,26)23-19-22-21-18(27-19)15-7-9-16(10-8-15)20-13(2)24;1-2-3-11-4-7-13(8-5-11)28(25,26)21-17-20-19-16(27-17)14-10-12(22(23)24)6-9-15(14)18;1-2-5-12-8-10-13(11-9-12)25(22,23)21-17-20-19-16(24-17)14-6-3-4-7-15(14)18;1-9-7-11(16)8-12(17)13(9)24(21,22)20-15-19-18-14(23-15)10-5-3-2-4-6-10;13-16(14,15)12-8-6-11(7-9-12)10-4-2-1-3-5-10/h5-12H,3-4H2,1-2H3,(H,20,24)(H,22,23);4-10H,2-3H2,1H3,(H,20,21);3-4,6-11H,2,5H2,1H3,(H,20,21);2-8H,1H3,(H,19,20);1-9H,(H2,13,14,15). The highest BCUT2D eigenvalue weighted by atomic mass is 35.5. The van der Waals surface area contributed by atoms with Gasteiger partial charge in [-0.1, -0.05) is 259 Å². The van der Waals surface area contributed by atoms with Gasteiger partial charge in [0.15, 0.2) is 10.0 Å². The highest BCUT2D eigenvalue weighted by Crippen LogP contribution is 2.38. The lowest BCUT2D eigenvalue weighted by Gasteiger charge is -2.10. The second-order valence-electron chi connectivity index (χ2n) is 25.7. The number of nitrogens with one attached hydrogen (secondary N) is 5. The molecule has 0 saturated carbocycles. The van der Waals surface area contributed by atoms with E-state index in [4.69, 9.17) is 51.5 Å². The van der Waals surface area contributed by atoms with Crippen LogP contribution in [0.4, 0.5) is 31.9 Å². The van der Waals surface area contributed by atoms with Crippen molar-refractivity contribution >= 4 is 180 Å². The van der Waals surface area contributed by atoms with E-state index in [1.165, 1.54) is 61.5 Å². The first kappa shape index (κ1) is 92.7. The van der Waals surface area contributed by atoms with Gasteiger partial charge in [-0.3, -0.25) is 33.8 Å². The van der Waals surface area contributed by atoms with E-state index in [-0.39, 0.29) is 71.7 Å². The zero-order chi connectivity index (χ0) is 87.2. The molecule has 0 bridgehead atoms. The fraction of sp³-hybridized carbons (Fsp3) is 0.138. The summed E-state index contributed by atoms with van der Waals surface area (Å²) < 4.78 is 132. The number of carbonyl (C=O) groups excluding carboxylic acids is 1. The van der Waals surface area contributed by atoms with Gasteiger partial charge >= 0.3 is 0 Å². The lowest BCUT2D eigenvalue weighted by atomic mass is 10.1. The molecule has 1 amide bonds. The Morgan fingerprint density at radius 1 is 0.397 bits per heavy atom. The van der Waals surface area contributed by atoms with Crippen molar-refractivity contribution in [3.05, 3.63) is 289 Å². The van der Waals surface area contributed by atoms with E-state index in [0.717, 1.165) is 128 Å². The van der Waals surface area contributed by atoms with Crippen LogP contribution in [-0.4, -0.2) is 93.7 Å². The number of aromatic nitrogens is 8. The van der Waals surface area contributed by atoms with Crippen LogP contribution in [0.5, 0.6) is 0 Å². The second-order valence-corrected chi connectivity index (χ2v) is 39.5. The molecule has 0 aliphatic rings. The van der Waals surface area contributed by atoms with Gasteiger partial charge < -0.3 is 5.32 Å². The zero-order valence-corrected chi connectivity index (χ0v) is 74.7. The average molecular weight is 1880 g/mol. The molecule has 0 aliphatic carbocycles. The number of nitro benzene ring substituents is 1. The molecule has 4 aromatic heterocycles. The number of halogens is 4. The van der Waals surface area contributed by atoms with Crippen LogP contribution in [0, 0.1) is 17.0 Å². The summed E-state index contributed by atoms with van der Waals surface area (Å²) in [7, 11) is -18.7. The lowest BCUT2D eigenvalue weighted by Crippen LogP contribution is -2.14. The van der Waals surface area contributed by atoms with Crippen LogP contribution in [0.15, 0.2) is 261 Å². The van der Waals surface area contributed by atoms with Gasteiger partial charge in [0.25, 0.3) is 45.8 Å². The van der Waals surface area contributed by atoms with Gasteiger partial charge in [0.2, 0.25) is 36.5 Å². The fourth-order valence-electron chi connectivity index (χ4n) is 11.0. The number of carbonyl (C=O) groups is 1. The average Bonchev–Trinajstić information content (AvgIpc) is 1.72. The first-order valence-electron chi connectivity index (χ1n) is 36.1. The summed E-state index contributed by atoms with van der Waals surface area (Å²) in [5.41, 5.74) is 8.92. The topological polar surface area (TPSA) is 420 Å². The van der Waals surface area contributed by atoms with Crippen molar-refractivity contribution in [3.8, 4) is 53.4 Å². The maximum Gasteiger partial charge on any atom is 0.270 e. The number of non-ortho nitro benzene ring substituents is 1. The number of sulfonamides is 5.